The normalized spacial score (nSPS) is 15.4. The van der Waals surface area contributed by atoms with Crippen LogP contribution in [-0.2, 0) is 17.6 Å². The van der Waals surface area contributed by atoms with Gasteiger partial charge in [-0.2, -0.15) is 0 Å². The Morgan fingerprint density at radius 3 is 2.74 bits per heavy atom. The van der Waals surface area contributed by atoms with Crippen LogP contribution in [-0.4, -0.2) is 29.7 Å². The second-order valence-corrected chi connectivity index (χ2v) is 7.29. The minimum absolute atomic E-state index is 0.00476. The van der Waals surface area contributed by atoms with Crippen molar-refractivity contribution < 1.29 is 14.3 Å². The van der Waals surface area contributed by atoms with Crippen LogP contribution >= 0.6 is 11.3 Å². The maximum atomic E-state index is 12.5. The molecule has 0 saturated heterocycles. The number of benzene rings is 1. The smallest absolute Gasteiger partial charge is 0.226 e. The molecule has 2 aromatic heterocycles. The molecule has 1 aliphatic rings. The van der Waals surface area contributed by atoms with E-state index in [1.807, 2.05) is 46.6 Å². The fraction of sp³-hybridized carbons (Fsp3) is 0.300. The molecule has 1 amide bonds. The topological polar surface area (TPSA) is 65.4 Å². The molecule has 0 radical (unpaired) electrons. The third-order valence-electron chi connectivity index (χ3n) is 4.77. The molecule has 0 fully saturated rings. The zero-order valence-electron chi connectivity index (χ0n) is 15.3. The summed E-state index contributed by atoms with van der Waals surface area (Å²) in [7, 11) is 3.26. The fourth-order valence-corrected chi connectivity index (χ4v) is 4.24. The van der Waals surface area contributed by atoms with Gasteiger partial charge in [-0.05, 0) is 48.2 Å². The predicted molar refractivity (Wildman–Crippen MR) is 104 cm³/mol. The molecule has 7 heteroatoms. The number of nitrogens with zero attached hydrogens (tertiary/aromatic N) is 2. The number of amides is 1. The highest BCUT2D eigenvalue weighted by atomic mass is 32.1. The average molecular weight is 383 g/mol. The molecule has 140 valence electrons. The first-order valence-corrected chi connectivity index (χ1v) is 9.68. The third-order valence-corrected chi connectivity index (χ3v) is 5.67. The Morgan fingerprint density at radius 2 is 2.00 bits per heavy atom. The van der Waals surface area contributed by atoms with Crippen molar-refractivity contribution in [1.29, 1.82) is 0 Å². The van der Waals surface area contributed by atoms with Crippen molar-refractivity contribution in [1.82, 2.24) is 14.9 Å². The van der Waals surface area contributed by atoms with Crippen molar-refractivity contribution in [3.8, 4) is 16.6 Å². The number of fused-ring (bicyclic) bond motifs is 1. The van der Waals surface area contributed by atoms with E-state index in [-0.39, 0.29) is 18.4 Å². The third kappa shape index (κ3) is 3.55. The highest BCUT2D eigenvalue weighted by molar-refractivity contribution is 7.12. The van der Waals surface area contributed by atoms with Crippen LogP contribution in [0.1, 0.15) is 29.3 Å². The Balaban J connectivity index is 1.44. The zero-order valence-corrected chi connectivity index (χ0v) is 16.1. The number of methoxy groups -OCH3 is 2. The second kappa shape index (κ2) is 7.44. The van der Waals surface area contributed by atoms with Gasteiger partial charge >= 0.3 is 0 Å². The summed E-state index contributed by atoms with van der Waals surface area (Å²) in [5.74, 6) is 1.39. The number of hydrogen-bond acceptors (Lipinski definition) is 5. The predicted octanol–water partition coefficient (Wildman–Crippen LogP) is 3.30. The summed E-state index contributed by atoms with van der Waals surface area (Å²) < 4.78 is 12.7. The van der Waals surface area contributed by atoms with Gasteiger partial charge in [0.2, 0.25) is 5.91 Å². The van der Waals surface area contributed by atoms with Gasteiger partial charge in [-0.15, -0.1) is 11.3 Å². The first-order chi connectivity index (χ1) is 13.2. The van der Waals surface area contributed by atoms with Crippen molar-refractivity contribution >= 4 is 17.2 Å². The van der Waals surface area contributed by atoms with Crippen LogP contribution in [0, 0.1) is 0 Å². The van der Waals surface area contributed by atoms with Crippen molar-refractivity contribution in [3.05, 3.63) is 58.9 Å². The molecule has 3 aromatic rings. The Morgan fingerprint density at radius 1 is 1.26 bits per heavy atom. The molecule has 2 heterocycles. The van der Waals surface area contributed by atoms with Gasteiger partial charge in [0.25, 0.3) is 0 Å². The molecule has 1 aliphatic carbocycles. The number of hydrogen-bond donors (Lipinski definition) is 1. The lowest BCUT2D eigenvalue weighted by molar-refractivity contribution is -0.121. The van der Waals surface area contributed by atoms with Gasteiger partial charge in [0, 0.05) is 17.8 Å². The average Bonchev–Trinajstić information content (AvgIpc) is 3.41. The SMILES string of the molecule is COc1cc2c(cc1OC)[C@@H](NC(=O)Cc1csc(-n3cccc3)n1)CC2. The molecule has 4 rings (SSSR count). The monoisotopic (exact) mass is 383 g/mol. The Bertz CT molecular complexity index is 950. The number of nitrogens with one attached hydrogen (secondary N) is 1. The highest BCUT2D eigenvalue weighted by Crippen LogP contribution is 2.39. The van der Waals surface area contributed by atoms with Gasteiger partial charge in [0.1, 0.15) is 0 Å². The van der Waals surface area contributed by atoms with E-state index in [9.17, 15) is 4.79 Å². The number of carbonyl (C=O) groups excluding carboxylic acids is 1. The van der Waals surface area contributed by atoms with Crippen LogP contribution in [0.5, 0.6) is 11.5 Å². The van der Waals surface area contributed by atoms with Crippen LogP contribution in [0.25, 0.3) is 5.13 Å². The highest BCUT2D eigenvalue weighted by Gasteiger charge is 2.26. The van der Waals surface area contributed by atoms with Crippen LogP contribution in [0.4, 0.5) is 0 Å². The molecule has 0 aliphatic heterocycles. The Kier molecular flexibility index (Phi) is 4.85. The van der Waals surface area contributed by atoms with Crippen molar-refractivity contribution in [2.45, 2.75) is 25.3 Å². The second-order valence-electron chi connectivity index (χ2n) is 6.45. The maximum absolute atomic E-state index is 12.5. The van der Waals surface area contributed by atoms with Crippen molar-refractivity contribution in [2.75, 3.05) is 14.2 Å². The van der Waals surface area contributed by atoms with E-state index in [1.165, 1.54) is 16.9 Å². The number of rotatable bonds is 6. The molecule has 0 spiro atoms. The van der Waals surface area contributed by atoms with Gasteiger partial charge in [0.15, 0.2) is 16.6 Å². The summed E-state index contributed by atoms with van der Waals surface area (Å²) >= 11 is 1.53. The number of aromatic nitrogens is 2. The Labute approximate surface area is 161 Å². The van der Waals surface area contributed by atoms with E-state index in [4.69, 9.17) is 9.47 Å². The van der Waals surface area contributed by atoms with Gasteiger partial charge in [-0.3, -0.25) is 4.79 Å². The Hall–Kier alpha value is -2.80. The zero-order chi connectivity index (χ0) is 18.8. The van der Waals surface area contributed by atoms with Crippen LogP contribution in [0.2, 0.25) is 0 Å². The van der Waals surface area contributed by atoms with Gasteiger partial charge in [0.05, 0.1) is 32.4 Å². The molecule has 0 saturated carbocycles. The fourth-order valence-electron chi connectivity index (χ4n) is 3.45. The van der Waals surface area contributed by atoms with Crippen molar-refractivity contribution in [2.24, 2.45) is 0 Å². The molecule has 6 nitrogen and oxygen atoms in total. The summed E-state index contributed by atoms with van der Waals surface area (Å²) in [6.07, 6.45) is 5.95. The van der Waals surface area contributed by atoms with Crippen LogP contribution < -0.4 is 14.8 Å². The van der Waals surface area contributed by atoms with Gasteiger partial charge in [-0.1, -0.05) is 0 Å². The van der Waals surface area contributed by atoms with Crippen LogP contribution in [0.3, 0.4) is 0 Å². The van der Waals surface area contributed by atoms with Crippen LogP contribution in [0.15, 0.2) is 42.0 Å². The standard InChI is InChI=1S/C20H21N3O3S/c1-25-17-9-13-5-6-16(15(13)11-18(17)26-2)22-19(24)10-14-12-27-20(21-14)23-7-3-4-8-23/h3-4,7-9,11-12,16H,5-6,10H2,1-2H3,(H,22,24)/t16-/m0/s1. The summed E-state index contributed by atoms with van der Waals surface area (Å²) in [5, 5.41) is 5.94. The van der Waals surface area contributed by atoms with E-state index in [2.05, 4.69) is 10.3 Å². The minimum Gasteiger partial charge on any atom is -0.493 e. The molecule has 1 N–H and O–H groups in total. The van der Waals surface area contributed by atoms with E-state index >= 15 is 0 Å². The molecular formula is C20H21N3O3S. The summed E-state index contributed by atoms with van der Waals surface area (Å²) in [6, 6.07) is 7.88. The van der Waals surface area contributed by atoms with E-state index in [1.54, 1.807) is 14.2 Å². The number of aryl methyl sites for hydroxylation is 1. The molecule has 27 heavy (non-hydrogen) atoms. The molecule has 0 bridgehead atoms. The first kappa shape index (κ1) is 17.6. The van der Waals surface area contributed by atoms with Gasteiger partial charge < -0.3 is 19.4 Å². The number of ether oxygens (including phenoxy) is 2. The van der Waals surface area contributed by atoms with E-state index in [0.717, 1.165) is 35.0 Å². The van der Waals surface area contributed by atoms with Gasteiger partial charge in [-0.25, -0.2) is 4.98 Å². The summed E-state index contributed by atoms with van der Waals surface area (Å²) in [4.78, 5) is 17.1. The lowest BCUT2D eigenvalue weighted by Crippen LogP contribution is -2.28. The molecular weight excluding hydrogens is 362 g/mol. The largest absolute Gasteiger partial charge is 0.493 e. The first-order valence-electron chi connectivity index (χ1n) is 8.80. The number of thiazole rings is 1. The minimum atomic E-state index is -0.0213. The van der Waals surface area contributed by atoms with E-state index in [0.29, 0.717) is 5.75 Å². The lowest BCUT2D eigenvalue weighted by atomic mass is 10.1. The quantitative estimate of drug-likeness (QED) is 0.709. The maximum Gasteiger partial charge on any atom is 0.226 e. The number of carbonyl (C=O) groups is 1. The summed E-state index contributed by atoms with van der Waals surface area (Å²) in [5.41, 5.74) is 3.08. The van der Waals surface area contributed by atoms with E-state index < -0.39 is 0 Å². The molecule has 0 unspecified atom stereocenters. The molecule has 1 atom stereocenters. The summed E-state index contributed by atoms with van der Waals surface area (Å²) in [6.45, 7) is 0. The molecule has 1 aromatic carbocycles. The lowest BCUT2D eigenvalue weighted by Gasteiger charge is -2.16. The van der Waals surface area contributed by atoms with Crippen molar-refractivity contribution in [3.63, 3.8) is 0 Å².